The molecule has 14 heavy (non-hydrogen) atoms. The summed E-state index contributed by atoms with van der Waals surface area (Å²) in [5.74, 6) is 0.332. The first-order chi connectivity index (χ1) is 6.43. The van der Waals surface area contributed by atoms with Gasteiger partial charge in [-0.1, -0.05) is 0 Å². The molecule has 0 aliphatic rings. The van der Waals surface area contributed by atoms with E-state index in [1.54, 1.807) is 0 Å². The highest BCUT2D eigenvalue weighted by Crippen LogP contribution is 2.11. The molecule has 0 saturated heterocycles. The topological polar surface area (TPSA) is 73.0 Å². The van der Waals surface area contributed by atoms with Crippen molar-refractivity contribution < 1.29 is 9.36 Å². The van der Waals surface area contributed by atoms with Crippen molar-refractivity contribution in [2.75, 3.05) is 5.73 Å². The monoisotopic (exact) mass is 194 g/mol. The molecule has 0 fully saturated rings. The highest BCUT2D eigenvalue weighted by atomic mass is 16.1. The lowest BCUT2D eigenvalue weighted by molar-refractivity contribution is -0.664. The Morgan fingerprint density at radius 3 is 2.50 bits per heavy atom. The number of aromatic nitrogens is 1. The molecule has 4 N–H and O–H groups in total. The number of rotatable bonds is 2. The van der Waals surface area contributed by atoms with E-state index in [1.807, 2.05) is 31.5 Å². The minimum atomic E-state index is -0.341. The van der Waals surface area contributed by atoms with Crippen LogP contribution in [-0.4, -0.2) is 5.91 Å². The van der Waals surface area contributed by atoms with E-state index in [9.17, 15) is 4.79 Å². The maximum absolute atomic E-state index is 10.8. The van der Waals surface area contributed by atoms with Crippen molar-refractivity contribution in [2.24, 2.45) is 12.8 Å². The second-order valence-electron chi connectivity index (χ2n) is 3.54. The summed E-state index contributed by atoms with van der Waals surface area (Å²) in [5, 5.41) is 0. The maximum atomic E-state index is 10.8. The van der Waals surface area contributed by atoms with Crippen molar-refractivity contribution in [2.45, 2.75) is 20.3 Å². The summed E-state index contributed by atoms with van der Waals surface area (Å²) in [6.07, 6.45) is 0.229. The van der Waals surface area contributed by atoms with Crippen LogP contribution in [0.4, 0.5) is 5.82 Å². The number of hydrogen-bond acceptors (Lipinski definition) is 2. The van der Waals surface area contributed by atoms with Gasteiger partial charge >= 0.3 is 0 Å². The van der Waals surface area contributed by atoms with Crippen molar-refractivity contribution in [3.8, 4) is 0 Å². The van der Waals surface area contributed by atoms with Crippen LogP contribution in [0.1, 0.15) is 16.8 Å². The van der Waals surface area contributed by atoms with Crippen LogP contribution in [0.3, 0.4) is 0 Å². The zero-order chi connectivity index (χ0) is 10.9. The molecule has 1 amide bonds. The molecular weight excluding hydrogens is 178 g/mol. The molecule has 0 atom stereocenters. The van der Waals surface area contributed by atoms with Crippen LogP contribution < -0.4 is 16.0 Å². The Morgan fingerprint density at radius 1 is 1.43 bits per heavy atom. The Morgan fingerprint density at radius 2 is 2.00 bits per heavy atom. The minimum absolute atomic E-state index is 0.229. The van der Waals surface area contributed by atoms with Gasteiger partial charge in [-0.25, -0.2) is 4.57 Å². The number of anilines is 1. The van der Waals surface area contributed by atoms with Gasteiger partial charge in [0.25, 0.3) is 5.82 Å². The van der Waals surface area contributed by atoms with Crippen molar-refractivity contribution >= 4 is 11.7 Å². The molecule has 0 bridgehead atoms. The Kier molecular flexibility index (Phi) is 2.74. The Balaban J connectivity index is 3.29. The summed E-state index contributed by atoms with van der Waals surface area (Å²) < 4.78 is 1.81. The molecule has 4 nitrogen and oxygen atoms in total. The first kappa shape index (κ1) is 10.5. The van der Waals surface area contributed by atoms with E-state index in [0.717, 1.165) is 16.8 Å². The van der Waals surface area contributed by atoms with E-state index in [4.69, 9.17) is 11.5 Å². The second-order valence-corrected chi connectivity index (χ2v) is 3.54. The van der Waals surface area contributed by atoms with Crippen molar-refractivity contribution in [3.05, 3.63) is 22.9 Å². The summed E-state index contributed by atoms with van der Waals surface area (Å²) in [6.45, 7) is 3.89. The fourth-order valence-electron chi connectivity index (χ4n) is 1.58. The van der Waals surface area contributed by atoms with Crippen LogP contribution >= 0.6 is 0 Å². The van der Waals surface area contributed by atoms with Crippen LogP contribution in [0, 0.1) is 13.8 Å². The lowest BCUT2D eigenvalue weighted by Gasteiger charge is -2.09. The molecule has 4 heteroatoms. The smallest absolute Gasteiger partial charge is 0.275 e. The summed E-state index contributed by atoms with van der Waals surface area (Å²) in [7, 11) is 1.84. The standard InChI is InChI=1S/C10H15N3O/c1-6-4-7(2)10(12)13(3)8(6)5-9(11)14/h4,12H,5H2,1-3H3,(H2,11,14)/p+1. The molecule has 0 saturated carbocycles. The second kappa shape index (κ2) is 3.65. The Labute approximate surface area is 83.5 Å². The first-order valence-electron chi connectivity index (χ1n) is 4.46. The van der Waals surface area contributed by atoms with Gasteiger partial charge in [-0.05, 0) is 25.5 Å². The number of pyridine rings is 1. The molecule has 1 aromatic heterocycles. The van der Waals surface area contributed by atoms with E-state index in [0.29, 0.717) is 5.82 Å². The number of carbonyl (C=O) groups is 1. The van der Waals surface area contributed by atoms with Crippen LogP contribution in [0.2, 0.25) is 0 Å². The SMILES string of the molecule is Cc1cc(C)c(CC(N)=O)[n+](C)c1N. The fourth-order valence-corrected chi connectivity index (χ4v) is 1.58. The average molecular weight is 194 g/mol. The van der Waals surface area contributed by atoms with Gasteiger partial charge in [-0.15, -0.1) is 0 Å². The van der Waals surface area contributed by atoms with Crippen LogP contribution in [0.15, 0.2) is 6.07 Å². The van der Waals surface area contributed by atoms with Gasteiger partial charge < -0.3 is 5.73 Å². The summed E-state index contributed by atoms with van der Waals surface area (Å²) in [4.78, 5) is 10.8. The quantitative estimate of drug-likeness (QED) is 0.636. The van der Waals surface area contributed by atoms with E-state index in [-0.39, 0.29) is 12.3 Å². The van der Waals surface area contributed by atoms with Gasteiger partial charge in [-0.3, -0.25) is 10.5 Å². The molecule has 0 aliphatic carbocycles. The van der Waals surface area contributed by atoms with Gasteiger partial charge in [0.15, 0.2) is 0 Å². The highest BCUT2D eigenvalue weighted by molar-refractivity contribution is 5.76. The lowest BCUT2D eigenvalue weighted by Crippen LogP contribution is -2.40. The van der Waals surface area contributed by atoms with Crippen LogP contribution in [0.5, 0.6) is 0 Å². The maximum Gasteiger partial charge on any atom is 0.275 e. The van der Waals surface area contributed by atoms with Gasteiger partial charge in [0.05, 0.1) is 13.5 Å². The first-order valence-corrected chi connectivity index (χ1v) is 4.46. The number of nitrogen functional groups attached to an aromatic ring is 1. The average Bonchev–Trinajstić information content (AvgIpc) is 2.09. The third kappa shape index (κ3) is 1.84. The fraction of sp³-hybridized carbons (Fsp3) is 0.400. The van der Waals surface area contributed by atoms with E-state index < -0.39 is 0 Å². The predicted octanol–water partition coefficient (Wildman–Crippen LogP) is -0.262. The molecule has 0 unspecified atom stereocenters. The number of nitrogens with zero attached hydrogens (tertiary/aromatic N) is 1. The molecule has 1 aromatic rings. The predicted molar refractivity (Wildman–Crippen MR) is 54.4 cm³/mol. The number of amides is 1. The number of primary amides is 1. The number of hydrogen-bond donors (Lipinski definition) is 2. The van der Waals surface area contributed by atoms with Crippen molar-refractivity contribution in [1.82, 2.24) is 0 Å². The molecular formula is C10H16N3O+. The Hall–Kier alpha value is -1.58. The van der Waals surface area contributed by atoms with Crippen LogP contribution in [0.25, 0.3) is 0 Å². The van der Waals surface area contributed by atoms with Gasteiger partial charge in [0, 0.05) is 5.56 Å². The molecule has 0 spiro atoms. The van der Waals surface area contributed by atoms with Gasteiger partial charge in [-0.2, -0.15) is 0 Å². The number of carbonyl (C=O) groups excluding carboxylic acids is 1. The molecule has 76 valence electrons. The normalized spacial score (nSPS) is 10.2. The molecule has 1 rings (SSSR count). The zero-order valence-corrected chi connectivity index (χ0v) is 8.79. The molecule has 0 aromatic carbocycles. The highest BCUT2D eigenvalue weighted by Gasteiger charge is 2.15. The number of nitrogens with two attached hydrogens (primary N) is 2. The largest absolute Gasteiger partial charge is 0.369 e. The Bertz CT molecular complexity index is 385. The molecule has 0 radical (unpaired) electrons. The summed E-state index contributed by atoms with van der Waals surface area (Å²) >= 11 is 0. The minimum Gasteiger partial charge on any atom is -0.369 e. The third-order valence-corrected chi connectivity index (χ3v) is 2.40. The number of aryl methyl sites for hydroxylation is 2. The van der Waals surface area contributed by atoms with E-state index in [2.05, 4.69) is 0 Å². The van der Waals surface area contributed by atoms with Crippen molar-refractivity contribution in [1.29, 1.82) is 0 Å². The molecule has 1 heterocycles. The molecule has 0 aliphatic heterocycles. The lowest BCUT2D eigenvalue weighted by atomic mass is 10.1. The zero-order valence-electron chi connectivity index (χ0n) is 8.79. The van der Waals surface area contributed by atoms with Crippen molar-refractivity contribution in [3.63, 3.8) is 0 Å². The third-order valence-electron chi connectivity index (χ3n) is 2.40. The summed E-state index contributed by atoms with van der Waals surface area (Å²) in [5.41, 5.74) is 13.9. The van der Waals surface area contributed by atoms with Gasteiger partial charge in [0.1, 0.15) is 5.69 Å². The van der Waals surface area contributed by atoms with Crippen LogP contribution in [-0.2, 0) is 18.3 Å². The van der Waals surface area contributed by atoms with E-state index in [1.165, 1.54) is 0 Å². The summed E-state index contributed by atoms with van der Waals surface area (Å²) in [6, 6.07) is 1.97. The van der Waals surface area contributed by atoms with E-state index >= 15 is 0 Å². The van der Waals surface area contributed by atoms with Gasteiger partial charge in [0.2, 0.25) is 5.91 Å².